The number of para-hydroxylation sites is 1. The number of nitrogens with two attached hydrogens (primary N) is 1. The van der Waals surface area contributed by atoms with Crippen LogP contribution in [0.2, 0.25) is 0 Å². The fraction of sp³-hybridized carbons (Fsp3) is 0.556. The predicted octanol–water partition coefficient (Wildman–Crippen LogP) is 4.04. The van der Waals surface area contributed by atoms with Crippen LogP contribution in [0.3, 0.4) is 0 Å². The second-order valence-corrected chi connectivity index (χ2v) is 7.58. The summed E-state index contributed by atoms with van der Waals surface area (Å²) in [7, 11) is 0. The molecule has 0 amide bonds. The van der Waals surface area contributed by atoms with E-state index in [9.17, 15) is 4.39 Å². The lowest BCUT2D eigenvalue weighted by Gasteiger charge is -2.39. The summed E-state index contributed by atoms with van der Waals surface area (Å²) in [6.07, 6.45) is 10.1. The van der Waals surface area contributed by atoms with Crippen molar-refractivity contribution in [1.82, 2.24) is 0 Å². The van der Waals surface area contributed by atoms with Gasteiger partial charge in [0.1, 0.15) is 5.82 Å². The van der Waals surface area contributed by atoms with Crippen molar-refractivity contribution in [2.45, 2.75) is 45.6 Å². The zero-order valence-electron chi connectivity index (χ0n) is 12.7. The highest BCUT2D eigenvalue weighted by molar-refractivity contribution is 5.67. The van der Waals surface area contributed by atoms with E-state index in [1.54, 1.807) is 6.07 Å². The molecule has 0 aliphatic heterocycles. The van der Waals surface area contributed by atoms with Gasteiger partial charge in [-0.25, -0.2) is 4.39 Å². The van der Waals surface area contributed by atoms with Crippen LogP contribution in [0.25, 0.3) is 0 Å². The number of hydrogen-bond acceptors (Lipinski definition) is 2. The molecule has 1 unspecified atom stereocenters. The maximum absolute atomic E-state index is 13.5. The van der Waals surface area contributed by atoms with E-state index >= 15 is 0 Å². The first-order chi connectivity index (χ1) is 9.85. The summed E-state index contributed by atoms with van der Waals surface area (Å²) in [6, 6.07) is 5.29. The number of benzene rings is 1. The van der Waals surface area contributed by atoms with Crippen LogP contribution in [-0.4, -0.2) is 6.04 Å². The maximum Gasteiger partial charge on any atom is 0.148 e. The first kappa shape index (κ1) is 14.3. The van der Waals surface area contributed by atoms with Crippen molar-refractivity contribution in [1.29, 1.82) is 0 Å². The van der Waals surface area contributed by atoms with Gasteiger partial charge in [0, 0.05) is 12.0 Å². The Labute approximate surface area is 126 Å². The average Bonchev–Trinajstić information content (AvgIpc) is 3.03. The minimum Gasteiger partial charge on any atom is -0.395 e. The molecule has 1 aromatic rings. The van der Waals surface area contributed by atoms with Crippen LogP contribution in [0.5, 0.6) is 0 Å². The molecule has 0 radical (unpaired) electrons. The quantitative estimate of drug-likeness (QED) is 0.636. The number of terminal acetylenes is 1. The van der Waals surface area contributed by atoms with E-state index in [1.165, 1.54) is 12.5 Å². The smallest absolute Gasteiger partial charge is 0.148 e. The SMILES string of the molecule is C#C[C@H]1CC(C)(C)CC2(C1)C[C@H]2Nc1cccc(F)c1N. The van der Waals surface area contributed by atoms with Crippen molar-refractivity contribution in [2.75, 3.05) is 11.1 Å². The van der Waals surface area contributed by atoms with Crippen LogP contribution < -0.4 is 11.1 Å². The van der Waals surface area contributed by atoms with Gasteiger partial charge in [-0.2, -0.15) is 0 Å². The third-order valence-electron chi connectivity index (χ3n) is 5.09. The Balaban J connectivity index is 1.76. The Bertz CT molecular complexity index is 602. The second-order valence-electron chi connectivity index (χ2n) is 7.58. The van der Waals surface area contributed by atoms with Crippen LogP contribution in [0.1, 0.15) is 39.5 Å². The molecular weight excluding hydrogens is 263 g/mol. The normalized spacial score (nSPS) is 33.4. The van der Waals surface area contributed by atoms with Gasteiger partial charge in [-0.05, 0) is 48.6 Å². The Morgan fingerprint density at radius 2 is 2.10 bits per heavy atom. The highest BCUT2D eigenvalue weighted by Crippen LogP contribution is 2.63. The topological polar surface area (TPSA) is 38.0 Å². The van der Waals surface area contributed by atoms with Crippen molar-refractivity contribution < 1.29 is 4.39 Å². The number of nitrogen functional groups attached to an aromatic ring is 1. The molecule has 112 valence electrons. The standard InChI is InChI=1S/C18H23FN2/c1-4-12-8-17(2,3)11-18(9-12)10-15(18)21-14-7-5-6-13(19)16(14)20/h1,5-7,12,15,21H,8-11,20H2,2-3H3/t12-,15+,18?/m0/s1. The fourth-order valence-electron chi connectivity index (χ4n) is 4.27. The summed E-state index contributed by atoms with van der Waals surface area (Å²) < 4.78 is 13.5. The summed E-state index contributed by atoms with van der Waals surface area (Å²) in [5.74, 6) is 2.94. The molecule has 0 bridgehead atoms. The number of halogens is 1. The lowest BCUT2D eigenvalue weighted by molar-refractivity contribution is 0.133. The summed E-state index contributed by atoms with van der Waals surface area (Å²) in [6.45, 7) is 4.59. The summed E-state index contributed by atoms with van der Waals surface area (Å²) in [5, 5.41) is 3.43. The Kier molecular flexibility index (Phi) is 3.16. The summed E-state index contributed by atoms with van der Waals surface area (Å²) in [5.41, 5.74) is 7.27. The second kappa shape index (κ2) is 4.66. The Morgan fingerprint density at radius 3 is 2.81 bits per heavy atom. The van der Waals surface area contributed by atoms with Crippen LogP contribution >= 0.6 is 0 Å². The van der Waals surface area contributed by atoms with E-state index in [4.69, 9.17) is 12.2 Å². The van der Waals surface area contributed by atoms with Gasteiger partial charge in [0.05, 0.1) is 11.4 Å². The van der Waals surface area contributed by atoms with Gasteiger partial charge in [0.25, 0.3) is 0 Å². The predicted molar refractivity (Wildman–Crippen MR) is 85.2 cm³/mol. The van der Waals surface area contributed by atoms with E-state index in [2.05, 4.69) is 25.1 Å². The molecule has 3 heteroatoms. The van der Waals surface area contributed by atoms with Crippen molar-refractivity contribution in [2.24, 2.45) is 16.7 Å². The Morgan fingerprint density at radius 1 is 1.33 bits per heavy atom. The zero-order valence-corrected chi connectivity index (χ0v) is 12.7. The number of anilines is 2. The van der Waals surface area contributed by atoms with E-state index in [1.807, 2.05) is 6.07 Å². The van der Waals surface area contributed by atoms with E-state index in [-0.39, 0.29) is 22.3 Å². The molecule has 1 aromatic carbocycles. The average molecular weight is 286 g/mol. The largest absolute Gasteiger partial charge is 0.395 e. The highest BCUT2D eigenvalue weighted by Gasteiger charge is 2.59. The van der Waals surface area contributed by atoms with E-state index in [0.29, 0.717) is 17.6 Å². The molecular formula is C18H23FN2. The van der Waals surface area contributed by atoms with Gasteiger partial charge >= 0.3 is 0 Å². The molecule has 2 saturated carbocycles. The van der Waals surface area contributed by atoms with Crippen LogP contribution in [0, 0.1) is 34.9 Å². The third-order valence-corrected chi connectivity index (χ3v) is 5.09. The number of hydrogen-bond donors (Lipinski definition) is 2. The van der Waals surface area contributed by atoms with Crippen LogP contribution in [0.15, 0.2) is 18.2 Å². The summed E-state index contributed by atoms with van der Waals surface area (Å²) >= 11 is 0. The zero-order chi connectivity index (χ0) is 15.3. The summed E-state index contributed by atoms with van der Waals surface area (Å²) in [4.78, 5) is 0. The highest BCUT2D eigenvalue weighted by atomic mass is 19.1. The molecule has 0 aromatic heterocycles. The molecule has 3 N–H and O–H groups in total. The van der Waals surface area contributed by atoms with Crippen LogP contribution in [-0.2, 0) is 0 Å². The number of rotatable bonds is 2. The third kappa shape index (κ3) is 2.60. The molecule has 21 heavy (non-hydrogen) atoms. The molecule has 0 saturated heterocycles. The minimum absolute atomic E-state index is 0.211. The monoisotopic (exact) mass is 286 g/mol. The lowest BCUT2D eigenvalue weighted by Crippen LogP contribution is -2.32. The van der Waals surface area contributed by atoms with Crippen molar-refractivity contribution >= 4 is 11.4 Å². The maximum atomic E-state index is 13.5. The van der Waals surface area contributed by atoms with Crippen molar-refractivity contribution in [3.63, 3.8) is 0 Å². The first-order valence-corrected chi connectivity index (χ1v) is 7.62. The molecule has 0 heterocycles. The molecule has 3 rings (SSSR count). The van der Waals surface area contributed by atoms with Crippen molar-refractivity contribution in [3.05, 3.63) is 24.0 Å². The van der Waals surface area contributed by atoms with E-state index < -0.39 is 0 Å². The van der Waals surface area contributed by atoms with Gasteiger partial charge in [0.2, 0.25) is 0 Å². The molecule has 3 atom stereocenters. The van der Waals surface area contributed by atoms with Gasteiger partial charge < -0.3 is 11.1 Å². The van der Waals surface area contributed by atoms with Gasteiger partial charge in [0.15, 0.2) is 0 Å². The number of nitrogens with one attached hydrogen (secondary N) is 1. The molecule has 2 aliphatic rings. The minimum atomic E-state index is -0.361. The molecule has 2 fully saturated rings. The van der Waals surface area contributed by atoms with Gasteiger partial charge in [-0.3, -0.25) is 0 Å². The molecule has 1 spiro atoms. The molecule has 2 nitrogen and oxygen atoms in total. The van der Waals surface area contributed by atoms with Gasteiger partial charge in [-0.15, -0.1) is 12.3 Å². The van der Waals surface area contributed by atoms with Crippen molar-refractivity contribution in [3.8, 4) is 12.3 Å². The first-order valence-electron chi connectivity index (χ1n) is 7.62. The van der Waals surface area contributed by atoms with Gasteiger partial charge in [-0.1, -0.05) is 19.9 Å². The Hall–Kier alpha value is -1.69. The fourth-order valence-corrected chi connectivity index (χ4v) is 4.27. The van der Waals surface area contributed by atoms with Crippen LogP contribution in [0.4, 0.5) is 15.8 Å². The molecule has 2 aliphatic carbocycles. The van der Waals surface area contributed by atoms with E-state index in [0.717, 1.165) is 19.3 Å². The lowest BCUT2D eigenvalue weighted by atomic mass is 9.65.